The van der Waals surface area contributed by atoms with Crippen LogP contribution in [0.5, 0.6) is 0 Å². The maximum Gasteiger partial charge on any atom is -0.00201 e. The van der Waals surface area contributed by atoms with E-state index in [-0.39, 0.29) is 0 Å². The van der Waals surface area contributed by atoms with Crippen molar-refractivity contribution < 1.29 is 0 Å². The van der Waals surface area contributed by atoms with Gasteiger partial charge in [-0.05, 0) is 107 Å². The molecule has 0 atom stereocenters. The van der Waals surface area contributed by atoms with Crippen molar-refractivity contribution in [2.24, 2.45) is 0 Å². The molecule has 174 valence electrons. The Labute approximate surface area is 221 Å². The average molecular weight is 479 g/mol. The Bertz CT molecular complexity index is 2100. The third-order valence-corrected chi connectivity index (χ3v) is 8.54. The van der Waals surface area contributed by atoms with Crippen LogP contribution < -0.4 is 0 Å². The summed E-state index contributed by atoms with van der Waals surface area (Å²) < 4.78 is 0. The van der Waals surface area contributed by atoms with E-state index in [4.69, 9.17) is 0 Å². The zero-order chi connectivity index (χ0) is 24.8. The lowest BCUT2D eigenvalue weighted by Crippen LogP contribution is -1.86. The lowest BCUT2D eigenvalue weighted by molar-refractivity contribution is 1.62. The molecule has 0 bridgehead atoms. The van der Waals surface area contributed by atoms with Gasteiger partial charge in [-0.3, -0.25) is 0 Å². The predicted molar refractivity (Wildman–Crippen MR) is 161 cm³/mol. The Morgan fingerprint density at radius 1 is 0.263 bits per heavy atom. The Hall–Kier alpha value is -4.94. The molecule has 7 aromatic rings. The molecule has 0 nitrogen and oxygen atoms in total. The molecule has 0 unspecified atom stereocenters. The molecular formula is C38H22. The summed E-state index contributed by atoms with van der Waals surface area (Å²) in [6.07, 6.45) is 0. The summed E-state index contributed by atoms with van der Waals surface area (Å²) in [7, 11) is 0. The van der Waals surface area contributed by atoms with Gasteiger partial charge in [-0.2, -0.15) is 0 Å². The monoisotopic (exact) mass is 478 g/mol. The van der Waals surface area contributed by atoms with E-state index < -0.39 is 0 Å². The van der Waals surface area contributed by atoms with Gasteiger partial charge in [0.05, 0.1) is 0 Å². The summed E-state index contributed by atoms with van der Waals surface area (Å²) >= 11 is 0. The largest absolute Gasteiger partial charge is 0.0616 e. The molecule has 0 aliphatic heterocycles. The highest BCUT2D eigenvalue weighted by Gasteiger charge is 2.23. The summed E-state index contributed by atoms with van der Waals surface area (Å²) in [6.45, 7) is 0. The first kappa shape index (κ1) is 20.2. The first-order chi connectivity index (χ1) is 18.8. The normalized spacial score (nSPS) is 12.2. The van der Waals surface area contributed by atoms with E-state index in [0.29, 0.717) is 0 Å². The van der Waals surface area contributed by atoms with Crippen LogP contribution in [0.2, 0.25) is 0 Å². The number of rotatable bonds is 2. The van der Waals surface area contributed by atoms with Crippen molar-refractivity contribution in [1.29, 1.82) is 0 Å². The second-order valence-corrected chi connectivity index (χ2v) is 10.5. The SMILES string of the molecule is c1cc(-c2cc3c4c(cccc4c2)-c2ccccc2-3)cc(-c2ccc3c4c(cccc24)-c2ccccc2-3)c1. The first-order valence-corrected chi connectivity index (χ1v) is 13.3. The molecule has 0 radical (unpaired) electrons. The van der Waals surface area contributed by atoms with Crippen LogP contribution in [0.1, 0.15) is 0 Å². The number of fused-ring (bicyclic) bond motifs is 6. The Morgan fingerprint density at radius 3 is 1.58 bits per heavy atom. The molecule has 0 fully saturated rings. The fraction of sp³-hybridized carbons (Fsp3) is 0. The maximum atomic E-state index is 2.39. The van der Waals surface area contributed by atoms with Gasteiger partial charge in [0.1, 0.15) is 0 Å². The molecule has 2 aliphatic rings. The minimum Gasteiger partial charge on any atom is -0.0616 e. The molecule has 0 heteroatoms. The van der Waals surface area contributed by atoms with Gasteiger partial charge in [-0.15, -0.1) is 0 Å². The minimum atomic E-state index is 1.25. The van der Waals surface area contributed by atoms with Gasteiger partial charge in [-0.25, -0.2) is 0 Å². The highest BCUT2D eigenvalue weighted by atomic mass is 14.3. The van der Waals surface area contributed by atoms with Crippen molar-refractivity contribution in [1.82, 2.24) is 0 Å². The van der Waals surface area contributed by atoms with Gasteiger partial charge in [0.2, 0.25) is 0 Å². The molecule has 0 N–H and O–H groups in total. The second kappa shape index (κ2) is 7.31. The van der Waals surface area contributed by atoms with E-state index in [1.165, 1.54) is 88.3 Å². The lowest BCUT2D eigenvalue weighted by atomic mass is 9.91. The molecule has 9 rings (SSSR count). The zero-order valence-electron chi connectivity index (χ0n) is 20.7. The standard InChI is InChI=1S/C38H22/c1-2-12-29-28(11-1)34-17-7-16-32-27(18-19-35(29)38(32)34)24-9-5-8-23(20-24)26-21-25-10-6-15-33-30-13-3-4-14-31(30)36(22-26)37(25)33/h1-22H. The van der Waals surface area contributed by atoms with Crippen LogP contribution >= 0.6 is 0 Å². The van der Waals surface area contributed by atoms with Crippen LogP contribution in [0.15, 0.2) is 133 Å². The van der Waals surface area contributed by atoms with E-state index in [1.54, 1.807) is 0 Å². The van der Waals surface area contributed by atoms with Crippen molar-refractivity contribution in [2.75, 3.05) is 0 Å². The summed E-state index contributed by atoms with van der Waals surface area (Å²) in [6, 6.07) is 49.5. The fourth-order valence-corrected chi connectivity index (χ4v) is 6.91. The van der Waals surface area contributed by atoms with Crippen molar-refractivity contribution in [3.8, 4) is 66.8 Å². The highest BCUT2D eigenvalue weighted by molar-refractivity contribution is 6.19. The number of hydrogen-bond acceptors (Lipinski definition) is 0. The molecule has 0 saturated heterocycles. The van der Waals surface area contributed by atoms with Gasteiger partial charge >= 0.3 is 0 Å². The summed E-state index contributed by atoms with van der Waals surface area (Å²) in [5.74, 6) is 0. The molecule has 38 heavy (non-hydrogen) atoms. The van der Waals surface area contributed by atoms with Gasteiger partial charge < -0.3 is 0 Å². The maximum absolute atomic E-state index is 2.39. The van der Waals surface area contributed by atoms with E-state index in [1.807, 2.05) is 0 Å². The van der Waals surface area contributed by atoms with Crippen molar-refractivity contribution >= 4 is 21.5 Å². The lowest BCUT2D eigenvalue weighted by Gasteiger charge is -2.12. The smallest absolute Gasteiger partial charge is 0.00201 e. The second-order valence-electron chi connectivity index (χ2n) is 10.5. The fourth-order valence-electron chi connectivity index (χ4n) is 6.91. The molecule has 0 heterocycles. The first-order valence-electron chi connectivity index (χ1n) is 13.3. The Kier molecular flexibility index (Phi) is 3.88. The third-order valence-electron chi connectivity index (χ3n) is 8.54. The van der Waals surface area contributed by atoms with Crippen LogP contribution in [0.25, 0.3) is 88.3 Å². The Balaban J connectivity index is 1.24. The average Bonchev–Trinajstić information content (AvgIpc) is 3.49. The highest BCUT2D eigenvalue weighted by Crippen LogP contribution is 2.50. The van der Waals surface area contributed by atoms with E-state index >= 15 is 0 Å². The molecule has 2 aliphatic carbocycles. The van der Waals surface area contributed by atoms with Crippen LogP contribution in [0, 0.1) is 0 Å². The van der Waals surface area contributed by atoms with Crippen LogP contribution in [-0.4, -0.2) is 0 Å². The molecule has 0 saturated carbocycles. The van der Waals surface area contributed by atoms with Crippen molar-refractivity contribution in [3.63, 3.8) is 0 Å². The topological polar surface area (TPSA) is 0 Å². The molecule has 0 amide bonds. The van der Waals surface area contributed by atoms with Gasteiger partial charge in [0, 0.05) is 0 Å². The summed E-state index contributed by atoms with van der Waals surface area (Å²) in [5, 5.41) is 5.38. The number of hydrogen-bond donors (Lipinski definition) is 0. The van der Waals surface area contributed by atoms with E-state index in [0.717, 1.165) is 0 Å². The number of benzene rings is 7. The summed E-state index contributed by atoms with van der Waals surface area (Å²) in [4.78, 5) is 0. The third kappa shape index (κ3) is 2.59. The van der Waals surface area contributed by atoms with Gasteiger partial charge in [-0.1, -0.05) is 115 Å². The van der Waals surface area contributed by atoms with Crippen LogP contribution in [0.4, 0.5) is 0 Å². The minimum absolute atomic E-state index is 1.25. The zero-order valence-corrected chi connectivity index (χ0v) is 20.7. The molecular weight excluding hydrogens is 456 g/mol. The van der Waals surface area contributed by atoms with E-state index in [2.05, 4.69) is 133 Å². The van der Waals surface area contributed by atoms with Gasteiger partial charge in [0.25, 0.3) is 0 Å². The van der Waals surface area contributed by atoms with Crippen molar-refractivity contribution in [2.45, 2.75) is 0 Å². The molecule has 0 spiro atoms. The van der Waals surface area contributed by atoms with Gasteiger partial charge in [0.15, 0.2) is 0 Å². The molecule has 7 aromatic carbocycles. The predicted octanol–water partition coefficient (Wildman–Crippen LogP) is 10.6. The summed E-state index contributed by atoms with van der Waals surface area (Å²) in [5.41, 5.74) is 15.8. The molecule has 0 aromatic heterocycles. The van der Waals surface area contributed by atoms with Crippen LogP contribution in [0.3, 0.4) is 0 Å². The quantitative estimate of drug-likeness (QED) is 0.232. The Morgan fingerprint density at radius 2 is 0.816 bits per heavy atom. The van der Waals surface area contributed by atoms with Crippen molar-refractivity contribution in [3.05, 3.63) is 133 Å². The van der Waals surface area contributed by atoms with E-state index in [9.17, 15) is 0 Å². The van der Waals surface area contributed by atoms with Crippen LogP contribution in [-0.2, 0) is 0 Å².